The molecule has 3 rings (SSSR count). The molecule has 0 bridgehead atoms. The van der Waals surface area contributed by atoms with Crippen molar-refractivity contribution in [2.24, 2.45) is 17.3 Å². The first-order valence-electron chi connectivity index (χ1n) is 6.88. The number of fused-ring (bicyclic) bond motifs is 1. The summed E-state index contributed by atoms with van der Waals surface area (Å²) in [6, 6.07) is 6.42. The summed E-state index contributed by atoms with van der Waals surface area (Å²) >= 11 is 0. The Bertz CT molecular complexity index is 452. The van der Waals surface area contributed by atoms with Crippen LogP contribution in [-0.2, 0) is 6.54 Å². The van der Waals surface area contributed by atoms with Crippen LogP contribution in [0, 0.1) is 24.2 Å². The van der Waals surface area contributed by atoms with E-state index in [1.807, 2.05) is 0 Å². The van der Waals surface area contributed by atoms with E-state index in [4.69, 9.17) is 4.74 Å². The van der Waals surface area contributed by atoms with Gasteiger partial charge < -0.3 is 4.74 Å². The normalized spacial score (nSPS) is 29.1. The molecule has 2 heteroatoms. The first kappa shape index (κ1) is 12.0. The lowest BCUT2D eigenvalue weighted by Crippen LogP contribution is -2.26. The number of rotatable bonds is 3. The maximum atomic E-state index is 5.26. The van der Waals surface area contributed by atoms with Crippen LogP contribution >= 0.6 is 0 Å². The fraction of sp³-hybridized carbons (Fsp3) is 0.625. The second-order valence-corrected chi connectivity index (χ2v) is 6.52. The van der Waals surface area contributed by atoms with Gasteiger partial charge in [-0.3, -0.25) is 4.90 Å². The molecule has 2 atom stereocenters. The number of methoxy groups -OCH3 is 1. The molecular weight excluding hydrogens is 222 g/mol. The van der Waals surface area contributed by atoms with E-state index in [0.29, 0.717) is 5.41 Å². The standard InChI is InChI=1S/C16H23NO/c1-11-7-13(18-4)6-5-12(11)8-17-9-14-15(10-17)16(14,2)3/h5-7,14-15H,8-10H2,1-4H3. The summed E-state index contributed by atoms with van der Waals surface area (Å²) in [7, 11) is 1.73. The first-order valence-corrected chi connectivity index (χ1v) is 6.88. The van der Waals surface area contributed by atoms with E-state index in [0.717, 1.165) is 24.1 Å². The van der Waals surface area contributed by atoms with Gasteiger partial charge in [-0.1, -0.05) is 19.9 Å². The largest absolute Gasteiger partial charge is 0.497 e. The lowest BCUT2D eigenvalue weighted by Gasteiger charge is -2.22. The van der Waals surface area contributed by atoms with Gasteiger partial charge in [0, 0.05) is 19.6 Å². The van der Waals surface area contributed by atoms with Crippen LogP contribution in [0.15, 0.2) is 18.2 Å². The zero-order valence-corrected chi connectivity index (χ0v) is 11.9. The molecule has 2 aliphatic rings. The molecule has 98 valence electrons. The maximum Gasteiger partial charge on any atom is 0.119 e. The molecule has 1 saturated heterocycles. The van der Waals surface area contributed by atoms with Crippen molar-refractivity contribution in [3.05, 3.63) is 29.3 Å². The number of nitrogens with zero attached hydrogens (tertiary/aromatic N) is 1. The molecule has 1 aliphatic heterocycles. The van der Waals surface area contributed by atoms with Crippen LogP contribution in [-0.4, -0.2) is 25.1 Å². The van der Waals surface area contributed by atoms with E-state index in [2.05, 4.69) is 43.9 Å². The van der Waals surface area contributed by atoms with Crippen molar-refractivity contribution in [2.45, 2.75) is 27.3 Å². The van der Waals surface area contributed by atoms with Crippen LogP contribution in [0.1, 0.15) is 25.0 Å². The Hall–Kier alpha value is -1.02. The van der Waals surface area contributed by atoms with E-state index in [-0.39, 0.29) is 0 Å². The number of ether oxygens (including phenoxy) is 1. The van der Waals surface area contributed by atoms with Gasteiger partial charge in [0.25, 0.3) is 0 Å². The highest BCUT2D eigenvalue weighted by molar-refractivity contribution is 5.35. The molecule has 0 amide bonds. The topological polar surface area (TPSA) is 12.5 Å². The SMILES string of the molecule is COc1ccc(CN2CC3C(C2)C3(C)C)c(C)c1. The van der Waals surface area contributed by atoms with Crippen molar-refractivity contribution in [1.29, 1.82) is 0 Å². The van der Waals surface area contributed by atoms with Gasteiger partial charge in [0.15, 0.2) is 0 Å². The fourth-order valence-corrected chi connectivity index (χ4v) is 3.56. The number of aryl methyl sites for hydroxylation is 1. The van der Waals surface area contributed by atoms with Crippen molar-refractivity contribution in [2.75, 3.05) is 20.2 Å². The highest BCUT2D eigenvalue weighted by atomic mass is 16.5. The van der Waals surface area contributed by atoms with Gasteiger partial charge in [0.1, 0.15) is 5.75 Å². The van der Waals surface area contributed by atoms with E-state index < -0.39 is 0 Å². The Kier molecular flexibility index (Phi) is 2.67. The molecule has 1 aliphatic carbocycles. The highest BCUT2D eigenvalue weighted by Gasteiger charge is 2.61. The number of likely N-dealkylation sites (tertiary alicyclic amines) is 1. The van der Waals surface area contributed by atoms with Crippen molar-refractivity contribution in [3.8, 4) is 5.75 Å². The minimum absolute atomic E-state index is 0.617. The Balaban J connectivity index is 1.65. The second-order valence-electron chi connectivity index (χ2n) is 6.52. The smallest absolute Gasteiger partial charge is 0.119 e. The molecule has 0 spiro atoms. The molecule has 0 N–H and O–H groups in total. The van der Waals surface area contributed by atoms with Crippen LogP contribution in [0.25, 0.3) is 0 Å². The lowest BCUT2D eigenvalue weighted by atomic mass is 10.0. The van der Waals surface area contributed by atoms with Gasteiger partial charge in [-0.25, -0.2) is 0 Å². The molecule has 0 radical (unpaired) electrons. The molecule has 2 nitrogen and oxygen atoms in total. The molecule has 18 heavy (non-hydrogen) atoms. The number of piperidine rings is 1. The summed E-state index contributed by atoms with van der Waals surface area (Å²) in [5.74, 6) is 2.84. The Morgan fingerprint density at radius 2 is 1.94 bits per heavy atom. The quantitative estimate of drug-likeness (QED) is 0.811. The molecular formula is C16H23NO. The first-order chi connectivity index (χ1) is 8.52. The zero-order valence-electron chi connectivity index (χ0n) is 11.9. The third kappa shape index (κ3) is 1.83. The fourth-order valence-electron chi connectivity index (χ4n) is 3.56. The third-order valence-corrected chi connectivity index (χ3v) is 5.14. The van der Waals surface area contributed by atoms with Gasteiger partial charge >= 0.3 is 0 Å². The van der Waals surface area contributed by atoms with Gasteiger partial charge in [0.05, 0.1) is 7.11 Å². The number of hydrogen-bond donors (Lipinski definition) is 0. The number of benzene rings is 1. The van der Waals surface area contributed by atoms with Gasteiger partial charge in [0.2, 0.25) is 0 Å². The Morgan fingerprint density at radius 3 is 2.50 bits per heavy atom. The molecule has 2 unspecified atom stereocenters. The van der Waals surface area contributed by atoms with Crippen LogP contribution < -0.4 is 4.74 Å². The zero-order chi connectivity index (χ0) is 12.9. The van der Waals surface area contributed by atoms with E-state index in [1.54, 1.807) is 7.11 Å². The van der Waals surface area contributed by atoms with Crippen molar-refractivity contribution < 1.29 is 4.74 Å². The summed E-state index contributed by atoms with van der Waals surface area (Å²) in [6.45, 7) is 10.7. The van der Waals surface area contributed by atoms with Crippen LogP contribution in [0.4, 0.5) is 0 Å². The minimum atomic E-state index is 0.617. The number of hydrogen-bond acceptors (Lipinski definition) is 2. The summed E-state index contributed by atoms with van der Waals surface area (Å²) in [4.78, 5) is 2.61. The average Bonchev–Trinajstić information content (AvgIpc) is 2.72. The Morgan fingerprint density at radius 1 is 1.28 bits per heavy atom. The van der Waals surface area contributed by atoms with Gasteiger partial charge in [-0.2, -0.15) is 0 Å². The van der Waals surface area contributed by atoms with E-state index in [1.165, 1.54) is 24.2 Å². The van der Waals surface area contributed by atoms with Gasteiger partial charge in [-0.05, 0) is 47.4 Å². The van der Waals surface area contributed by atoms with E-state index in [9.17, 15) is 0 Å². The van der Waals surface area contributed by atoms with Crippen LogP contribution in [0.2, 0.25) is 0 Å². The minimum Gasteiger partial charge on any atom is -0.497 e. The molecule has 1 saturated carbocycles. The summed E-state index contributed by atoms with van der Waals surface area (Å²) in [6.07, 6.45) is 0. The average molecular weight is 245 g/mol. The predicted octanol–water partition coefficient (Wildman–Crippen LogP) is 3.09. The molecule has 1 aromatic carbocycles. The molecule has 1 aromatic rings. The summed E-state index contributed by atoms with van der Waals surface area (Å²) < 4.78 is 5.26. The highest BCUT2D eigenvalue weighted by Crippen LogP contribution is 2.62. The van der Waals surface area contributed by atoms with Crippen molar-refractivity contribution in [3.63, 3.8) is 0 Å². The lowest BCUT2D eigenvalue weighted by molar-refractivity contribution is 0.251. The summed E-state index contributed by atoms with van der Waals surface area (Å²) in [5, 5.41) is 0. The molecule has 2 fully saturated rings. The monoisotopic (exact) mass is 245 g/mol. The Labute approximate surface area is 110 Å². The predicted molar refractivity (Wildman–Crippen MR) is 73.8 cm³/mol. The third-order valence-electron chi connectivity index (χ3n) is 5.14. The van der Waals surface area contributed by atoms with Crippen LogP contribution in [0.3, 0.4) is 0 Å². The van der Waals surface area contributed by atoms with E-state index >= 15 is 0 Å². The van der Waals surface area contributed by atoms with Crippen LogP contribution in [0.5, 0.6) is 5.75 Å². The summed E-state index contributed by atoms with van der Waals surface area (Å²) in [5.41, 5.74) is 3.40. The molecule has 1 heterocycles. The second kappa shape index (κ2) is 3.99. The van der Waals surface area contributed by atoms with Gasteiger partial charge in [-0.15, -0.1) is 0 Å². The van der Waals surface area contributed by atoms with Crippen molar-refractivity contribution in [1.82, 2.24) is 4.90 Å². The maximum absolute atomic E-state index is 5.26. The molecule has 0 aromatic heterocycles. The van der Waals surface area contributed by atoms with Crippen molar-refractivity contribution >= 4 is 0 Å².